The Kier molecular flexibility index (Phi) is 7.46. The van der Waals surface area contributed by atoms with Gasteiger partial charge in [0.2, 0.25) is 0 Å². The third-order valence-corrected chi connectivity index (χ3v) is 2.98. The van der Waals surface area contributed by atoms with Gasteiger partial charge in [-0.2, -0.15) is 0 Å². The number of ether oxygens (including phenoxy) is 2. The summed E-state index contributed by atoms with van der Waals surface area (Å²) in [4.78, 5) is 0. The van der Waals surface area contributed by atoms with E-state index in [-0.39, 0.29) is 6.04 Å². The number of benzene rings is 1. The summed E-state index contributed by atoms with van der Waals surface area (Å²) in [6.07, 6.45) is 4.91. The lowest BCUT2D eigenvalue weighted by Gasteiger charge is -2.13. The van der Waals surface area contributed by atoms with Gasteiger partial charge in [0.05, 0.1) is 19.8 Å². The van der Waals surface area contributed by atoms with Crippen LogP contribution in [0.2, 0.25) is 0 Å². The third kappa shape index (κ3) is 5.52. The Balaban J connectivity index is 2.21. The van der Waals surface area contributed by atoms with Crippen LogP contribution in [0.25, 0.3) is 0 Å². The average molecular weight is 251 g/mol. The van der Waals surface area contributed by atoms with Gasteiger partial charge in [0.15, 0.2) is 0 Å². The van der Waals surface area contributed by atoms with E-state index in [1.54, 1.807) is 7.11 Å². The number of methoxy groups -OCH3 is 1. The van der Waals surface area contributed by atoms with Gasteiger partial charge >= 0.3 is 0 Å². The Morgan fingerprint density at radius 1 is 1.11 bits per heavy atom. The second kappa shape index (κ2) is 8.95. The van der Waals surface area contributed by atoms with Crippen LogP contribution in [-0.2, 0) is 4.74 Å². The minimum Gasteiger partial charge on any atom is -0.497 e. The minimum absolute atomic E-state index is 0.0536. The highest BCUT2D eigenvalue weighted by Crippen LogP contribution is 2.16. The van der Waals surface area contributed by atoms with E-state index in [4.69, 9.17) is 15.2 Å². The highest BCUT2D eigenvalue weighted by molar-refractivity contribution is 5.28. The molecule has 3 nitrogen and oxygen atoms in total. The standard InChI is InChI=1S/C15H25NO2/c1-3-4-5-6-11-18-12-15(16)13-7-9-14(17-2)10-8-13/h7-10,15H,3-6,11-12,16H2,1-2H3. The lowest BCUT2D eigenvalue weighted by Crippen LogP contribution is -2.17. The van der Waals surface area contributed by atoms with E-state index in [0.29, 0.717) is 6.61 Å². The smallest absolute Gasteiger partial charge is 0.118 e. The third-order valence-electron chi connectivity index (χ3n) is 2.98. The maximum absolute atomic E-state index is 6.06. The van der Waals surface area contributed by atoms with Crippen molar-refractivity contribution in [1.29, 1.82) is 0 Å². The molecule has 0 saturated heterocycles. The lowest BCUT2D eigenvalue weighted by atomic mass is 10.1. The van der Waals surface area contributed by atoms with Crippen molar-refractivity contribution >= 4 is 0 Å². The molecule has 1 unspecified atom stereocenters. The van der Waals surface area contributed by atoms with E-state index in [0.717, 1.165) is 24.3 Å². The summed E-state index contributed by atoms with van der Waals surface area (Å²) >= 11 is 0. The first-order valence-corrected chi connectivity index (χ1v) is 6.75. The molecule has 1 aromatic rings. The monoisotopic (exact) mass is 251 g/mol. The molecular formula is C15H25NO2. The van der Waals surface area contributed by atoms with Gasteiger partial charge in [-0.25, -0.2) is 0 Å². The van der Waals surface area contributed by atoms with Crippen molar-refractivity contribution in [3.63, 3.8) is 0 Å². The molecule has 1 atom stereocenters. The summed E-state index contributed by atoms with van der Waals surface area (Å²) in [5, 5.41) is 0. The summed E-state index contributed by atoms with van der Waals surface area (Å²) in [6.45, 7) is 3.60. The van der Waals surface area contributed by atoms with Crippen LogP contribution in [-0.4, -0.2) is 20.3 Å². The van der Waals surface area contributed by atoms with Crippen LogP contribution >= 0.6 is 0 Å². The number of unbranched alkanes of at least 4 members (excludes halogenated alkanes) is 3. The van der Waals surface area contributed by atoms with Crippen molar-refractivity contribution in [3.8, 4) is 5.75 Å². The molecule has 18 heavy (non-hydrogen) atoms. The Morgan fingerprint density at radius 2 is 1.83 bits per heavy atom. The molecule has 0 radical (unpaired) electrons. The van der Waals surface area contributed by atoms with Crippen molar-refractivity contribution in [3.05, 3.63) is 29.8 Å². The molecule has 2 N–H and O–H groups in total. The van der Waals surface area contributed by atoms with E-state index in [2.05, 4.69) is 6.92 Å². The van der Waals surface area contributed by atoms with Crippen LogP contribution in [0.5, 0.6) is 5.75 Å². The summed E-state index contributed by atoms with van der Waals surface area (Å²) in [6, 6.07) is 7.78. The predicted octanol–water partition coefficient (Wildman–Crippen LogP) is 3.29. The quantitative estimate of drug-likeness (QED) is 0.685. The maximum atomic E-state index is 6.06. The molecule has 0 heterocycles. The van der Waals surface area contributed by atoms with Crippen molar-refractivity contribution in [2.24, 2.45) is 5.73 Å². The van der Waals surface area contributed by atoms with Crippen LogP contribution < -0.4 is 10.5 Å². The maximum Gasteiger partial charge on any atom is 0.118 e. The van der Waals surface area contributed by atoms with E-state index in [9.17, 15) is 0 Å². The van der Waals surface area contributed by atoms with Gasteiger partial charge in [0.1, 0.15) is 5.75 Å². The van der Waals surface area contributed by atoms with Crippen molar-refractivity contribution < 1.29 is 9.47 Å². The fraction of sp³-hybridized carbons (Fsp3) is 0.600. The molecule has 0 fully saturated rings. The van der Waals surface area contributed by atoms with Gasteiger partial charge in [0.25, 0.3) is 0 Å². The van der Waals surface area contributed by atoms with Gasteiger partial charge in [-0.1, -0.05) is 38.3 Å². The van der Waals surface area contributed by atoms with Gasteiger partial charge in [-0.3, -0.25) is 0 Å². The van der Waals surface area contributed by atoms with E-state index < -0.39 is 0 Å². The molecule has 102 valence electrons. The van der Waals surface area contributed by atoms with E-state index >= 15 is 0 Å². The molecule has 0 aliphatic heterocycles. The summed E-state index contributed by atoms with van der Waals surface area (Å²) in [7, 11) is 1.66. The summed E-state index contributed by atoms with van der Waals surface area (Å²) < 4.78 is 10.7. The number of hydrogen-bond donors (Lipinski definition) is 1. The normalized spacial score (nSPS) is 12.4. The zero-order valence-electron chi connectivity index (χ0n) is 11.5. The first-order valence-electron chi connectivity index (χ1n) is 6.75. The van der Waals surface area contributed by atoms with Gasteiger partial charge < -0.3 is 15.2 Å². The lowest BCUT2D eigenvalue weighted by molar-refractivity contribution is 0.117. The zero-order valence-corrected chi connectivity index (χ0v) is 11.5. The molecule has 0 saturated carbocycles. The Bertz CT molecular complexity index is 311. The van der Waals surface area contributed by atoms with Crippen molar-refractivity contribution in [2.45, 2.75) is 38.6 Å². The molecule has 0 bridgehead atoms. The van der Waals surface area contributed by atoms with Crippen LogP contribution in [0.15, 0.2) is 24.3 Å². The molecule has 0 aromatic heterocycles. The number of hydrogen-bond acceptors (Lipinski definition) is 3. The molecule has 0 aliphatic carbocycles. The second-order valence-electron chi connectivity index (χ2n) is 4.52. The zero-order chi connectivity index (χ0) is 13.2. The fourth-order valence-corrected chi connectivity index (χ4v) is 1.79. The van der Waals surface area contributed by atoms with Crippen molar-refractivity contribution in [1.82, 2.24) is 0 Å². The van der Waals surface area contributed by atoms with Crippen LogP contribution in [0.4, 0.5) is 0 Å². The van der Waals surface area contributed by atoms with Gasteiger partial charge in [-0.05, 0) is 24.1 Å². The second-order valence-corrected chi connectivity index (χ2v) is 4.52. The number of nitrogens with two attached hydrogens (primary N) is 1. The largest absolute Gasteiger partial charge is 0.497 e. The minimum atomic E-state index is -0.0536. The highest BCUT2D eigenvalue weighted by Gasteiger charge is 2.05. The highest BCUT2D eigenvalue weighted by atomic mass is 16.5. The molecule has 0 amide bonds. The Hall–Kier alpha value is -1.06. The first-order chi connectivity index (χ1) is 8.77. The molecular weight excluding hydrogens is 226 g/mol. The van der Waals surface area contributed by atoms with E-state index in [1.807, 2.05) is 24.3 Å². The topological polar surface area (TPSA) is 44.5 Å². The predicted molar refractivity (Wildman–Crippen MR) is 74.9 cm³/mol. The molecule has 3 heteroatoms. The SMILES string of the molecule is CCCCCCOCC(N)c1ccc(OC)cc1. The number of rotatable bonds is 9. The molecule has 1 rings (SSSR count). The Labute approximate surface area is 110 Å². The summed E-state index contributed by atoms with van der Waals surface area (Å²) in [5.41, 5.74) is 7.15. The van der Waals surface area contributed by atoms with Crippen LogP contribution in [0.3, 0.4) is 0 Å². The van der Waals surface area contributed by atoms with E-state index in [1.165, 1.54) is 19.3 Å². The summed E-state index contributed by atoms with van der Waals surface area (Å²) in [5.74, 6) is 0.853. The molecule has 1 aromatic carbocycles. The average Bonchev–Trinajstić information content (AvgIpc) is 2.42. The van der Waals surface area contributed by atoms with Crippen LogP contribution in [0, 0.1) is 0 Å². The molecule has 0 spiro atoms. The van der Waals surface area contributed by atoms with Crippen LogP contribution in [0.1, 0.15) is 44.2 Å². The first kappa shape index (κ1) is 15.0. The molecule has 0 aliphatic rings. The Morgan fingerprint density at radius 3 is 2.44 bits per heavy atom. The van der Waals surface area contributed by atoms with Gasteiger partial charge in [0, 0.05) is 6.61 Å². The van der Waals surface area contributed by atoms with Gasteiger partial charge in [-0.15, -0.1) is 0 Å². The van der Waals surface area contributed by atoms with Crippen molar-refractivity contribution in [2.75, 3.05) is 20.3 Å². The fourth-order valence-electron chi connectivity index (χ4n) is 1.79.